The van der Waals surface area contributed by atoms with Gasteiger partial charge in [0.15, 0.2) is 0 Å². The zero-order chi connectivity index (χ0) is 8.39. The maximum atomic E-state index is 11.1. The van der Waals surface area contributed by atoms with E-state index in [9.17, 15) is 4.79 Å². The molecule has 1 aromatic rings. The molecule has 0 spiro atoms. The molecule has 0 aromatic heterocycles. The van der Waals surface area contributed by atoms with Crippen molar-refractivity contribution < 1.29 is 4.79 Å². The molecule has 0 saturated heterocycles. The molecule has 1 heterocycles. The summed E-state index contributed by atoms with van der Waals surface area (Å²) in [7, 11) is 0. The summed E-state index contributed by atoms with van der Waals surface area (Å²) in [5.74, 6) is 0.0138. The van der Waals surface area contributed by atoms with Crippen LogP contribution >= 0.6 is 0 Å². The summed E-state index contributed by atoms with van der Waals surface area (Å²) in [4.78, 5) is 11.1. The third-order valence-corrected chi connectivity index (χ3v) is 2.04. The third-order valence-electron chi connectivity index (χ3n) is 2.04. The molecular formula is C10H10NO. The molecule has 1 radical (unpaired) electrons. The van der Waals surface area contributed by atoms with Crippen molar-refractivity contribution >= 4 is 5.91 Å². The lowest BCUT2D eigenvalue weighted by molar-refractivity contribution is -0.117. The Bertz CT molecular complexity index is 306. The van der Waals surface area contributed by atoms with E-state index >= 15 is 0 Å². The number of hydrogen-bond acceptors (Lipinski definition) is 1. The highest BCUT2D eigenvalue weighted by atomic mass is 16.1. The number of benzene rings is 1. The number of nitrogens with one attached hydrogen (secondary N) is 1. The molecule has 0 fully saturated rings. The maximum absolute atomic E-state index is 11.1. The number of fused-ring (bicyclic) bond motifs is 1. The third kappa shape index (κ3) is 1.33. The second-order valence-electron chi connectivity index (χ2n) is 2.88. The highest BCUT2D eigenvalue weighted by Crippen LogP contribution is 2.13. The number of hydrogen-bond donors (Lipinski definition) is 1. The highest BCUT2D eigenvalue weighted by molar-refractivity contribution is 5.89. The van der Waals surface area contributed by atoms with Crippen molar-refractivity contribution in [2.24, 2.45) is 0 Å². The zero-order valence-electron chi connectivity index (χ0n) is 6.71. The zero-order valence-corrected chi connectivity index (χ0v) is 6.71. The van der Waals surface area contributed by atoms with E-state index in [0.29, 0.717) is 0 Å². The molecule has 12 heavy (non-hydrogen) atoms. The van der Waals surface area contributed by atoms with Crippen molar-refractivity contribution in [3.63, 3.8) is 0 Å². The summed E-state index contributed by atoms with van der Waals surface area (Å²) < 4.78 is 0. The molecule has 1 N–H and O–H groups in total. The lowest BCUT2D eigenvalue weighted by Gasteiger charge is -2.00. The van der Waals surface area contributed by atoms with Crippen LogP contribution in [0.4, 0.5) is 0 Å². The van der Waals surface area contributed by atoms with Crippen LogP contribution in [0.15, 0.2) is 24.3 Å². The van der Waals surface area contributed by atoms with Gasteiger partial charge in [-0.3, -0.25) is 4.79 Å². The standard InChI is InChI=1S/C10H10NO/c12-10-7-9-4-2-1-3-8(9)5-6-11-10/h1-4,7H,5-6H2,(H,11,12). The Kier molecular flexibility index (Phi) is 1.82. The summed E-state index contributed by atoms with van der Waals surface area (Å²) in [6.45, 7) is 0.742. The van der Waals surface area contributed by atoms with Gasteiger partial charge in [-0.15, -0.1) is 0 Å². The van der Waals surface area contributed by atoms with Crippen molar-refractivity contribution in [2.75, 3.05) is 6.54 Å². The van der Waals surface area contributed by atoms with Crippen molar-refractivity contribution in [1.82, 2.24) is 5.32 Å². The largest absolute Gasteiger partial charge is 0.355 e. The van der Waals surface area contributed by atoms with Gasteiger partial charge < -0.3 is 5.32 Å². The SMILES string of the molecule is O=C1[CH]c2ccccc2CCN1. The van der Waals surface area contributed by atoms with Crippen LogP contribution in [-0.4, -0.2) is 12.5 Å². The number of carbonyl (C=O) groups excluding carboxylic acids is 1. The molecule has 1 aliphatic rings. The summed E-state index contributed by atoms with van der Waals surface area (Å²) in [6, 6.07) is 7.99. The summed E-state index contributed by atoms with van der Waals surface area (Å²) >= 11 is 0. The number of carbonyl (C=O) groups is 1. The van der Waals surface area contributed by atoms with Gasteiger partial charge in [-0.05, 0) is 17.5 Å². The molecule has 0 unspecified atom stereocenters. The quantitative estimate of drug-likeness (QED) is 0.600. The first-order valence-electron chi connectivity index (χ1n) is 4.07. The molecular weight excluding hydrogens is 150 g/mol. The fourth-order valence-corrected chi connectivity index (χ4v) is 1.42. The molecule has 0 saturated carbocycles. The van der Waals surface area contributed by atoms with E-state index < -0.39 is 0 Å². The van der Waals surface area contributed by atoms with E-state index in [1.165, 1.54) is 5.56 Å². The number of amides is 1. The van der Waals surface area contributed by atoms with Gasteiger partial charge in [0.2, 0.25) is 5.91 Å². The lowest BCUT2D eigenvalue weighted by Crippen LogP contribution is -2.22. The topological polar surface area (TPSA) is 29.1 Å². The van der Waals surface area contributed by atoms with Gasteiger partial charge in [0.1, 0.15) is 0 Å². The van der Waals surface area contributed by atoms with Crippen LogP contribution in [0.1, 0.15) is 11.1 Å². The molecule has 0 atom stereocenters. The van der Waals surface area contributed by atoms with Crippen LogP contribution in [0.3, 0.4) is 0 Å². The Morgan fingerprint density at radius 3 is 3.00 bits per heavy atom. The predicted octanol–water partition coefficient (Wildman–Crippen LogP) is 0.911. The van der Waals surface area contributed by atoms with E-state index in [1.54, 1.807) is 6.42 Å². The van der Waals surface area contributed by atoms with Crippen molar-refractivity contribution in [3.8, 4) is 0 Å². The van der Waals surface area contributed by atoms with Gasteiger partial charge >= 0.3 is 0 Å². The molecule has 2 rings (SSSR count). The maximum Gasteiger partial charge on any atom is 0.228 e. The van der Waals surface area contributed by atoms with Crippen molar-refractivity contribution in [3.05, 3.63) is 41.8 Å². The minimum absolute atomic E-state index is 0.0138. The average molecular weight is 160 g/mol. The minimum atomic E-state index is 0.0138. The Morgan fingerprint density at radius 1 is 1.25 bits per heavy atom. The predicted molar refractivity (Wildman–Crippen MR) is 46.6 cm³/mol. The lowest BCUT2D eigenvalue weighted by atomic mass is 10.0. The first kappa shape index (κ1) is 7.35. The summed E-state index contributed by atoms with van der Waals surface area (Å²) in [5, 5.41) is 2.80. The van der Waals surface area contributed by atoms with E-state index in [0.717, 1.165) is 18.5 Å². The van der Waals surface area contributed by atoms with Crippen LogP contribution in [0.2, 0.25) is 0 Å². The van der Waals surface area contributed by atoms with Gasteiger partial charge in [0.25, 0.3) is 0 Å². The van der Waals surface area contributed by atoms with Crippen molar-refractivity contribution in [1.29, 1.82) is 0 Å². The molecule has 2 heteroatoms. The van der Waals surface area contributed by atoms with Crippen molar-refractivity contribution in [2.45, 2.75) is 6.42 Å². The fourth-order valence-electron chi connectivity index (χ4n) is 1.42. The van der Waals surface area contributed by atoms with Crippen LogP contribution in [0, 0.1) is 6.42 Å². The first-order chi connectivity index (χ1) is 5.86. The molecule has 1 amide bonds. The fraction of sp³-hybridized carbons (Fsp3) is 0.200. The van der Waals surface area contributed by atoms with Gasteiger partial charge in [0, 0.05) is 6.54 Å². The highest BCUT2D eigenvalue weighted by Gasteiger charge is 2.11. The average Bonchev–Trinajstić information content (AvgIpc) is 2.25. The van der Waals surface area contributed by atoms with Crippen LogP contribution < -0.4 is 5.32 Å². The first-order valence-corrected chi connectivity index (χ1v) is 4.07. The van der Waals surface area contributed by atoms with Crippen LogP contribution in [0.25, 0.3) is 0 Å². The summed E-state index contributed by atoms with van der Waals surface area (Å²) in [5.41, 5.74) is 2.29. The van der Waals surface area contributed by atoms with E-state index in [4.69, 9.17) is 0 Å². The van der Waals surface area contributed by atoms with Gasteiger partial charge in [-0.25, -0.2) is 0 Å². The van der Waals surface area contributed by atoms with E-state index in [2.05, 4.69) is 11.4 Å². The molecule has 61 valence electrons. The Hall–Kier alpha value is -1.31. The molecule has 0 aliphatic carbocycles. The van der Waals surface area contributed by atoms with E-state index in [-0.39, 0.29) is 5.91 Å². The summed E-state index contributed by atoms with van der Waals surface area (Å²) in [6.07, 6.45) is 2.58. The second kappa shape index (κ2) is 2.97. The normalized spacial score (nSPS) is 16.2. The molecule has 2 nitrogen and oxygen atoms in total. The number of rotatable bonds is 0. The van der Waals surface area contributed by atoms with E-state index in [1.807, 2.05) is 18.2 Å². The van der Waals surface area contributed by atoms with Crippen LogP contribution in [-0.2, 0) is 11.2 Å². The Labute approximate surface area is 71.6 Å². The van der Waals surface area contributed by atoms with Gasteiger partial charge in [-0.2, -0.15) is 0 Å². The molecule has 0 bridgehead atoms. The Balaban J connectivity index is 2.37. The smallest absolute Gasteiger partial charge is 0.228 e. The second-order valence-corrected chi connectivity index (χ2v) is 2.88. The Morgan fingerprint density at radius 2 is 2.08 bits per heavy atom. The van der Waals surface area contributed by atoms with Crippen LogP contribution in [0.5, 0.6) is 0 Å². The minimum Gasteiger partial charge on any atom is -0.355 e. The van der Waals surface area contributed by atoms with Gasteiger partial charge in [0.05, 0.1) is 6.42 Å². The monoisotopic (exact) mass is 160 g/mol. The molecule has 1 aliphatic heterocycles. The molecule has 1 aromatic carbocycles. The van der Waals surface area contributed by atoms with Gasteiger partial charge in [-0.1, -0.05) is 24.3 Å².